The molecule has 0 radical (unpaired) electrons. The van der Waals surface area contributed by atoms with Gasteiger partial charge in [-0.15, -0.1) is 0 Å². The van der Waals surface area contributed by atoms with Crippen LogP contribution in [0.5, 0.6) is 0 Å². The molecule has 17 heavy (non-hydrogen) atoms. The van der Waals surface area contributed by atoms with E-state index in [1.165, 1.54) is 0 Å². The van der Waals surface area contributed by atoms with Crippen LogP contribution < -0.4 is 0 Å². The minimum Gasteiger partial charge on any atom is -0.350 e. The van der Waals surface area contributed by atoms with Crippen molar-refractivity contribution in [2.75, 3.05) is 0 Å². The molecule has 8 nitrogen and oxygen atoms in total. The maximum Gasteiger partial charge on any atom is 0.440 e. The molecule has 1 fully saturated rings. The zero-order valence-corrected chi connectivity index (χ0v) is 10.1. The Hall–Kier alpha value is -1.16. The highest BCUT2D eigenvalue weighted by atomic mass is 32.2. The average molecular weight is 280 g/mol. The van der Waals surface area contributed by atoms with Crippen molar-refractivity contribution in [3.05, 3.63) is 0 Å². The normalized spacial score (nSPS) is 39.8. The molecule has 1 saturated carbocycles. The third-order valence-corrected chi connectivity index (χ3v) is 3.82. The highest BCUT2D eigenvalue weighted by Crippen LogP contribution is 2.36. The first kappa shape index (κ1) is 11.0. The number of rotatable bonds is 2. The van der Waals surface area contributed by atoms with Crippen LogP contribution in [0.1, 0.15) is 19.3 Å². The minimum atomic E-state index is -1.81. The first-order chi connectivity index (χ1) is 8.22. The monoisotopic (exact) mass is 280 g/mol. The van der Waals surface area contributed by atoms with Gasteiger partial charge in [0, 0.05) is 11.8 Å². The lowest BCUT2D eigenvalue weighted by Gasteiger charge is -2.06. The highest BCUT2D eigenvalue weighted by molar-refractivity contribution is 7.76. The van der Waals surface area contributed by atoms with Crippen molar-refractivity contribution in [2.24, 2.45) is 22.1 Å². The molecule has 2 aliphatic heterocycles. The van der Waals surface area contributed by atoms with E-state index in [2.05, 4.69) is 18.9 Å². The topological polar surface area (TPSA) is 95.8 Å². The van der Waals surface area contributed by atoms with E-state index >= 15 is 0 Å². The van der Waals surface area contributed by atoms with E-state index in [0.717, 1.165) is 12.8 Å². The Labute approximate surface area is 102 Å². The molecule has 94 valence electrons. The summed E-state index contributed by atoms with van der Waals surface area (Å²) < 4.78 is 40.4. The molecule has 0 bridgehead atoms. The Bertz CT molecular complexity index is 410. The van der Waals surface area contributed by atoms with Gasteiger partial charge in [-0.25, -0.2) is 0 Å². The molecule has 2 unspecified atom stereocenters. The summed E-state index contributed by atoms with van der Waals surface area (Å²) in [6, 6.07) is 0. The van der Waals surface area contributed by atoms with Crippen molar-refractivity contribution >= 4 is 34.5 Å². The van der Waals surface area contributed by atoms with Gasteiger partial charge in [-0.1, -0.05) is 0 Å². The van der Waals surface area contributed by atoms with Gasteiger partial charge in [-0.05, 0) is 29.6 Å². The van der Waals surface area contributed by atoms with Gasteiger partial charge in [-0.2, -0.15) is 8.42 Å². The number of hydrogen-bond donors (Lipinski definition) is 0. The van der Waals surface area contributed by atoms with Crippen molar-refractivity contribution in [3.8, 4) is 0 Å². The Kier molecular flexibility index (Phi) is 2.74. The van der Waals surface area contributed by atoms with Gasteiger partial charge in [0.05, 0.1) is 0 Å². The summed E-state index contributed by atoms with van der Waals surface area (Å²) >= 11 is -3.61. The second kappa shape index (κ2) is 4.26. The molecular formula is C7H8N2O6S2. The third-order valence-electron chi connectivity index (χ3n) is 2.81. The van der Waals surface area contributed by atoms with Crippen LogP contribution in [-0.4, -0.2) is 20.2 Å². The fourth-order valence-electron chi connectivity index (χ4n) is 2.05. The summed E-state index contributed by atoms with van der Waals surface area (Å²) in [6.07, 6.45) is 2.25. The first-order valence-corrected chi connectivity index (χ1v) is 6.93. The summed E-state index contributed by atoms with van der Waals surface area (Å²) in [7, 11) is 0. The standard InChI is InChI=1S/C7H8N2O6S2/c10-16-12-6(8-14-16)4-1-2-5(3-4)7-9-15-17(11)13-7/h4-5H,1-3H2/t4-,5-,16?,17?/m0/s1. The van der Waals surface area contributed by atoms with Crippen LogP contribution in [0.3, 0.4) is 0 Å². The van der Waals surface area contributed by atoms with Crippen molar-refractivity contribution in [2.45, 2.75) is 19.3 Å². The van der Waals surface area contributed by atoms with Crippen molar-refractivity contribution in [3.63, 3.8) is 0 Å². The second-order valence-electron chi connectivity index (χ2n) is 3.79. The predicted molar refractivity (Wildman–Crippen MR) is 56.3 cm³/mol. The van der Waals surface area contributed by atoms with Crippen LogP contribution in [0.15, 0.2) is 10.3 Å². The molecule has 0 spiro atoms. The highest BCUT2D eigenvalue weighted by Gasteiger charge is 2.39. The lowest BCUT2D eigenvalue weighted by molar-refractivity contribution is 0.370. The molecule has 0 aromatic carbocycles. The van der Waals surface area contributed by atoms with E-state index in [1.54, 1.807) is 0 Å². The Morgan fingerprint density at radius 3 is 1.76 bits per heavy atom. The van der Waals surface area contributed by atoms with Gasteiger partial charge in [0.2, 0.25) is 0 Å². The number of nitrogens with zero attached hydrogens (tertiary/aromatic N) is 2. The molecule has 3 aliphatic rings. The molecule has 0 aromatic rings. The quantitative estimate of drug-likeness (QED) is 0.721. The van der Waals surface area contributed by atoms with Crippen LogP contribution in [0.4, 0.5) is 0 Å². The van der Waals surface area contributed by atoms with Crippen LogP contribution in [0, 0.1) is 11.8 Å². The van der Waals surface area contributed by atoms with E-state index in [9.17, 15) is 8.42 Å². The van der Waals surface area contributed by atoms with E-state index in [4.69, 9.17) is 8.37 Å². The molecular weight excluding hydrogens is 272 g/mol. The second-order valence-corrected chi connectivity index (χ2v) is 5.24. The zero-order chi connectivity index (χ0) is 11.8. The van der Waals surface area contributed by atoms with Gasteiger partial charge in [0.15, 0.2) is 0 Å². The van der Waals surface area contributed by atoms with Gasteiger partial charge in [0.1, 0.15) is 0 Å². The predicted octanol–water partition coefficient (Wildman–Crippen LogP) is 0.281. The molecule has 4 atom stereocenters. The Morgan fingerprint density at radius 2 is 1.41 bits per heavy atom. The molecule has 0 saturated heterocycles. The molecule has 1 aliphatic carbocycles. The fourth-order valence-corrected chi connectivity index (χ4v) is 2.99. The molecule has 0 N–H and O–H groups in total. The summed E-state index contributed by atoms with van der Waals surface area (Å²) in [5.41, 5.74) is 0. The Morgan fingerprint density at radius 1 is 0.941 bits per heavy atom. The van der Waals surface area contributed by atoms with E-state index in [0.29, 0.717) is 18.2 Å². The lowest BCUT2D eigenvalue weighted by Crippen LogP contribution is -2.15. The molecule has 10 heteroatoms. The maximum atomic E-state index is 10.8. The van der Waals surface area contributed by atoms with Crippen molar-refractivity contribution in [1.29, 1.82) is 0 Å². The van der Waals surface area contributed by atoms with Crippen LogP contribution in [0.2, 0.25) is 0 Å². The number of hydrogen-bond acceptors (Lipinski definition) is 8. The number of oxime groups is 2. The zero-order valence-electron chi connectivity index (χ0n) is 8.44. The van der Waals surface area contributed by atoms with E-state index < -0.39 is 22.7 Å². The van der Waals surface area contributed by atoms with Gasteiger partial charge in [-0.3, -0.25) is 8.57 Å². The summed E-state index contributed by atoms with van der Waals surface area (Å²) in [5.74, 6) is 0.719. The van der Waals surface area contributed by atoms with Crippen LogP contribution >= 0.6 is 0 Å². The molecule has 0 aromatic heterocycles. The SMILES string of the molecule is O=S1ON=C([C@H]2CC[C@H](C3=NOS(=O)O3)C2)O1. The minimum absolute atomic E-state index is 0.0202. The summed E-state index contributed by atoms with van der Waals surface area (Å²) in [5, 5.41) is 7.19. The molecule has 0 amide bonds. The summed E-state index contributed by atoms with van der Waals surface area (Å²) in [4.78, 5) is 0. The fraction of sp³-hybridized carbons (Fsp3) is 0.714. The largest absolute Gasteiger partial charge is 0.440 e. The average Bonchev–Trinajstić information content (AvgIpc) is 2.96. The van der Waals surface area contributed by atoms with Gasteiger partial charge < -0.3 is 8.37 Å². The van der Waals surface area contributed by atoms with Crippen LogP contribution in [-0.2, 0) is 39.7 Å². The van der Waals surface area contributed by atoms with Gasteiger partial charge in [0.25, 0.3) is 11.8 Å². The molecule has 2 heterocycles. The van der Waals surface area contributed by atoms with E-state index in [1.807, 2.05) is 0 Å². The smallest absolute Gasteiger partial charge is 0.350 e. The van der Waals surface area contributed by atoms with Crippen molar-refractivity contribution in [1.82, 2.24) is 0 Å². The molecule has 3 rings (SSSR count). The third kappa shape index (κ3) is 2.14. The van der Waals surface area contributed by atoms with Crippen molar-refractivity contribution < 1.29 is 25.4 Å². The lowest BCUT2D eigenvalue weighted by atomic mass is 10.1. The maximum absolute atomic E-state index is 10.8. The Balaban J connectivity index is 1.62. The van der Waals surface area contributed by atoms with Crippen LogP contribution in [0.25, 0.3) is 0 Å². The van der Waals surface area contributed by atoms with Gasteiger partial charge >= 0.3 is 22.7 Å². The first-order valence-electron chi connectivity index (χ1n) is 4.93. The summed E-state index contributed by atoms with van der Waals surface area (Å²) in [6.45, 7) is 0. The van der Waals surface area contributed by atoms with E-state index in [-0.39, 0.29) is 11.8 Å².